The van der Waals surface area contributed by atoms with E-state index in [1.54, 1.807) is 7.11 Å². The summed E-state index contributed by atoms with van der Waals surface area (Å²) < 4.78 is 10.7. The minimum Gasteiger partial charge on any atom is -0.497 e. The Kier molecular flexibility index (Phi) is 5.08. The first kappa shape index (κ1) is 18.2. The second-order valence-electron chi connectivity index (χ2n) is 6.79. The highest BCUT2D eigenvalue weighted by atomic mass is 16.5. The van der Waals surface area contributed by atoms with E-state index in [0.29, 0.717) is 35.9 Å². The van der Waals surface area contributed by atoms with Gasteiger partial charge in [0.1, 0.15) is 5.75 Å². The van der Waals surface area contributed by atoms with Crippen LogP contribution in [0.25, 0.3) is 22.8 Å². The zero-order valence-corrected chi connectivity index (χ0v) is 16.0. The Labute approximate surface area is 163 Å². The van der Waals surface area contributed by atoms with E-state index in [1.807, 2.05) is 53.4 Å². The van der Waals surface area contributed by atoms with Gasteiger partial charge in [0.05, 0.1) is 18.2 Å². The van der Waals surface area contributed by atoms with Crippen LogP contribution in [0.4, 0.5) is 0 Å². The molecular formula is C21H22N4O3. The van der Waals surface area contributed by atoms with Gasteiger partial charge >= 0.3 is 0 Å². The second kappa shape index (κ2) is 7.82. The molecule has 2 heterocycles. The summed E-state index contributed by atoms with van der Waals surface area (Å²) in [6.07, 6.45) is 0. The summed E-state index contributed by atoms with van der Waals surface area (Å²) in [6.45, 7) is 3.17. The monoisotopic (exact) mass is 378 g/mol. The SMILES string of the molecule is COc1ccc(-c2noc(-c3ccccc3C(=O)N3CCN(C)CC3)n2)cc1. The topological polar surface area (TPSA) is 71.7 Å². The molecule has 2 aromatic carbocycles. The zero-order valence-electron chi connectivity index (χ0n) is 16.0. The van der Waals surface area contributed by atoms with E-state index in [1.165, 1.54) is 0 Å². The molecule has 1 fully saturated rings. The number of amides is 1. The van der Waals surface area contributed by atoms with Gasteiger partial charge in [0.15, 0.2) is 0 Å². The van der Waals surface area contributed by atoms with Crippen molar-refractivity contribution in [2.45, 2.75) is 0 Å². The molecule has 0 unspecified atom stereocenters. The molecule has 3 aromatic rings. The molecule has 0 saturated carbocycles. The number of piperazine rings is 1. The van der Waals surface area contributed by atoms with Crippen LogP contribution in [0.2, 0.25) is 0 Å². The fourth-order valence-corrected chi connectivity index (χ4v) is 3.23. The summed E-state index contributed by atoms with van der Waals surface area (Å²) in [7, 11) is 3.69. The third-order valence-corrected chi connectivity index (χ3v) is 4.95. The van der Waals surface area contributed by atoms with Crippen LogP contribution in [0.5, 0.6) is 5.75 Å². The van der Waals surface area contributed by atoms with E-state index in [2.05, 4.69) is 22.1 Å². The van der Waals surface area contributed by atoms with E-state index < -0.39 is 0 Å². The fraction of sp³-hybridized carbons (Fsp3) is 0.286. The van der Waals surface area contributed by atoms with Gasteiger partial charge in [-0.05, 0) is 43.4 Å². The van der Waals surface area contributed by atoms with Crippen LogP contribution in [0.15, 0.2) is 53.1 Å². The van der Waals surface area contributed by atoms with Crippen LogP contribution in [-0.4, -0.2) is 66.2 Å². The summed E-state index contributed by atoms with van der Waals surface area (Å²) in [5.41, 5.74) is 2.05. The highest BCUT2D eigenvalue weighted by Gasteiger charge is 2.24. The van der Waals surface area contributed by atoms with Gasteiger partial charge in [0.25, 0.3) is 11.8 Å². The number of rotatable bonds is 4. The van der Waals surface area contributed by atoms with Crippen molar-refractivity contribution >= 4 is 5.91 Å². The first-order valence-electron chi connectivity index (χ1n) is 9.21. The molecule has 0 N–H and O–H groups in total. The lowest BCUT2D eigenvalue weighted by Gasteiger charge is -2.32. The normalized spacial score (nSPS) is 14.9. The van der Waals surface area contributed by atoms with E-state index in [9.17, 15) is 4.79 Å². The summed E-state index contributed by atoms with van der Waals surface area (Å²) >= 11 is 0. The predicted molar refractivity (Wildman–Crippen MR) is 105 cm³/mol. The number of methoxy groups -OCH3 is 1. The van der Waals surface area contributed by atoms with Gasteiger partial charge in [-0.3, -0.25) is 4.79 Å². The van der Waals surface area contributed by atoms with Gasteiger partial charge in [-0.1, -0.05) is 17.3 Å². The molecule has 28 heavy (non-hydrogen) atoms. The van der Waals surface area contributed by atoms with Crippen molar-refractivity contribution in [2.75, 3.05) is 40.3 Å². The van der Waals surface area contributed by atoms with Gasteiger partial charge in [-0.25, -0.2) is 0 Å². The lowest BCUT2D eigenvalue weighted by molar-refractivity contribution is 0.0664. The van der Waals surface area contributed by atoms with Gasteiger partial charge in [0.2, 0.25) is 5.82 Å². The molecule has 0 spiro atoms. The standard InChI is InChI=1S/C21H22N4O3/c1-24-11-13-25(14-12-24)21(26)18-6-4-3-5-17(18)20-22-19(23-28-20)15-7-9-16(27-2)10-8-15/h3-10H,11-14H2,1-2H3. The summed E-state index contributed by atoms with van der Waals surface area (Å²) in [6, 6.07) is 14.8. The Bertz CT molecular complexity index is 960. The Hall–Kier alpha value is -3.19. The molecular weight excluding hydrogens is 356 g/mol. The Balaban J connectivity index is 1.61. The van der Waals surface area contributed by atoms with Crippen molar-refractivity contribution in [2.24, 2.45) is 0 Å². The van der Waals surface area contributed by atoms with Crippen LogP contribution >= 0.6 is 0 Å². The first-order valence-corrected chi connectivity index (χ1v) is 9.21. The summed E-state index contributed by atoms with van der Waals surface area (Å²) in [5, 5.41) is 4.08. The Morgan fingerprint density at radius 3 is 2.46 bits per heavy atom. The minimum absolute atomic E-state index is 0.00658. The molecule has 0 aliphatic carbocycles. The molecule has 1 amide bonds. The van der Waals surface area contributed by atoms with Crippen molar-refractivity contribution in [3.63, 3.8) is 0 Å². The number of ether oxygens (including phenoxy) is 1. The number of benzene rings is 2. The van der Waals surface area contributed by atoms with Gasteiger partial charge < -0.3 is 19.1 Å². The Morgan fingerprint density at radius 2 is 1.75 bits per heavy atom. The quantitative estimate of drug-likeness (QED) is 0.695. The molecule has 144 valence electrons. The summed E-state index contributed by atoms with van der Waals surface area (Å²) in [5.74, 6) is 1.56. The Morgan fingerprint density at radius 1 is 1.04 bits per heavy atom. The van der Waals surface area contributed by atoms with Crippen molar-refractivity contribution in [1.82, 2.24) is 19.9 Å². The smallest absolute Gasteiger partial charge is 0.259 e. The number of aromatic nitrogens is 2. The maximum atomic E-state index is 13.1. The van der Waals surface area contributed by atoms with Crippen LogP contribution in [0.1, 0.15) is 10.4 Å². The van der Waals surface area contributed by atoms with Gasteiger partial charge in [0, 0.05) is 31.7 Å². The third-order valence-electron chi connectivity index (χ3n) is 4.95. The van der Waals surface area contributed by atoms with E-state index in [-0.39, 0.29) is 5.91 Å². The molecule has 7 heteroatoms. The third kappa shape index (κ3) is 3.61. The predicted octanol–water partition coefficient (Wildman–Crippen LogP) is 2.80. The first-order chi connectivity index (χ1) is 13.7. The zero-order chi connectivity index (χ0) is 19.5. The molecule has 0 bridgehead atoms. The van der Waals surface area contributed by atoms with Crippen molar-refractivity contribution in [3.8, 4) is 28.6 Å². The number of likely N-dealkylation sites (N-methyl/N-ethyl adjacent to an activating group) is 1. The van der Waals surface area contributed by atoms with Crippen molar-refractivity contribution < 1.29 is 14.1 Å². The lowest BCUT2D eigenvalue weighted by atomic mass is 10.1. The number of hydrogen-bond donors (Lipinski definition) is 0. The maximum Gasteiger partial charge on any atom is 0.259 e. The number of hydrogen-bond acceptors (Lipinski definition) is 6. The second-order valence-corrected chi connectivity index (χ2v) is 6.79. The van der Waals surface area contributed by atoms with E-state index >= 15 is 0 Å². The van der Waals surface area contributed by atoms with Crippen molar-refractivity contribution in [3.05, 3.63) is 54.1 Å². The number of carbonyl (C=O) groups excluding carboxylic acids is 1. The largest absolute Gasteiger partial charge is 0.497 e. The number of carbonyl (C=O) groups is 1. The van der Waals surface area contributed by atoms with Crippen molar-refractivity contribution in [1.29, 1.82) is 0 Å². The molecule has 0 atom stereocenters. The number of nitrogens with zero attached hydrogens (tertiary/aromatic N) is 4. The molecule has 4 rings (SSSR count). The fourth-order valence-electron chi connectivity index (χ4n) is 3.23. The average molecular weight is 378 g/mol. The summed E-state index contributed by atoms with van der Waals surface area (Å²) in [4.78, 5) is 21.7. The van der Waals surface area contributed by atoms with Crippen LogP contribution in [0, 0.1) is 0 Å². The molecule has 1 aromatic heterocycles. The molecule has 1 saturated heterocycles. The highest BCUT2D eigenvalue weighted by Crippen LogP contribution is 2.27. The maximum absolute atomic E-state index is 13.1. The van der Waals surface area contributed by atoms with Gasteiger partial charge in [-0.2, -0.15) is 4.98 Å². The van der Waals surface area contributed by atoms with E-state index in [0.717, 1.165) is 24.4 Å². The highest BCUT2D eigenvalue weighted by molar-refractivity contribution is 6.00. The van der Waals surface area contributed by atoms with E-state index in [4.69, 9.17) is 9.26 Å². The minimum atomic E-state index is -0.00658. The van der Waals surface area contributed by atoms with Crippen LogP contribution in [0.3, 0.4) is 0 Å². The molecule has 0 radical (unpaired) electrons. The van der Waals surface area contributed by atoms with Crippen LogP contribution < -0.4 is 4.74 Å². The van der Waals surface area contributed by atoms with Gasteiger partial charge in [-0.15, -0.1) is 0 Å². The molecule has 7 nitrogen and oxygen atoms in total. The lowest BCUT2D eigenvalue weighted by Crippen LogP contribution is -2.47. The molecule has 1 aliphatic heterocycles. The van der Waals surface area contributed by atoms with Crippen LogP contribution in [-0.2, 0) is 0 Å². The average Bonchev–Trinajstić information content (AvgIpc) is 3.24. The molecule has 1 aliphatic rings.